The van der Waals surface area contributed by atoms with E-state index in [-0.39, 0.29) is 6.04 Å². The Bertz CT molecular complexity index is 347. The topological polar surface area (TPSA) is 63.3 Å². The van der Waals surface area contributed by atoms with E-state index in [1.165, 1.54) is 0 Å². The first-order valence-electron chi connectivity index (χ1n) is 5.08. The lowest BCUT2D eigenvalue weighted by atomic mass is 9.97. The fourth-order valence-corrected chi connectivity index (χ4v) is 1.50. The van der Waals surface area contributed by atoms with Crippen molar-refractivity contribution in [3.05, 3.63) is 35.4 Å². The van der Waals surface area contributed by atoms with Gasteiger partial charge in [0.05, 0.1) is 5.92 Å². The van der Waals surface area contributed by atoms with E-state index in [1.807, 2.05) is 31.2 Å². The van der Waals surface area contributed by atoms with Crippen LogP contribution in [0.4, 0.5) is 0 Å². The second-order valence-corrected chi connectivity index (χ2v) is 3.99. The Morgan fingerprint density at radius 2 is 2.13 bits per heavy atom. The number of aliphatic carboxylic acids is 1. The molecular weight excluding hydrogens is 190 g/mol. The number of carboxylic acid groups (broad SMARTS) is 1. The number of benzene rings is 1. The fraction of sp³-hybridized carbons (Fsp3) is 0.417. The third kappa shape index (κ3) is 3.36. The Labute approximate surface area is 89.9 Å². The molecule has 1 rings (SSSR count). The molecule has 15 heavy (non-hydrogen) atoms. The van der Waals surface area contributed by atoms with Gasteiger partial charge in [0.2, 0.25) is 0 Å². The Morgan fingerprint density at radius 3 is 2.67 bits per heavy atom. The summed E-state index contributed by atoms with van der Waals surface area (Å²) in [6.07, 6.45) is 0.778. The molecule has 0 aliphatic rings. The van der Waals surface area contributed by atoms with Crippen LogP contribution in [0.5, 0.6) is 0 Å². The Kier molecular flexibility index (Phi) is 3.86. The zero-order chi connectivity index (χ0) is 11.4. The molecule has 2 atom stereocenters. The predicted molar refractivity (Wildman–Crippen MR) is 59.8 cm³/mol. The average Bonchev–Trinajstić information content (AvgIpc) is 2.16. The van der Waals surface area contributed by atoms with Crippen molar-refractivity contribution in [3.63, 3.8) is 0 Å². The van der Waals surface area contributed by atoms with Crippen LogP contribution in [-0.4, -0.2) is 17.1 Å². The van der Waals surface area contributed by atoms with Gasteiger partial charge in [0.25, 0.3) is 0 Å². The monoisotopic (exact) mass is 207 g/mol. The quantitative estimate of drug-likeness (QED) is 0.790. The number of nitrogens with two attached hydrogens (primary N) is 1. The van der Waals surface area contributed by atoms with Gasteiger partial charge >= 0.3 is 5.97 Å². The molecule has 0 saturated carbocycles. The highest BCUT2D eigenvalue weighted by Crippen LogP contribution is 2.17. The van der Waals surface area contributed by atoms with Crippen molar-refractivity contribution in [2.75, 3.05) is 0 Å². The Hall–Kier alpha value is -1.35. The number of carbonyl (C=O) groups is 1. The second kappa shape index (κ2) is 4.94. The van der Waals surface area contributed by atoms with Gasteiger partial charge in [-0.2, -0.15) is 0 Å². The Morgan fingerprint density at radius 1 is 1.47 bits per heavy atom. The van der Waals surface area contributed by atoms with Crippen molar-refractivity contribution in [1.29, 1.82) is 0 Å². The van der Waals surface area contributed by atoms with Crippen LogP contribution in [0, 0.1) is 0 Å². The van der Waals surface area contributed by atoms with Crippen molar-refractivity contribution in [1.82, 2.24) is 0 Å². The summed E-state index contributed by atoms with van der Waals surface area (Å²) >= 11 is 0. The van der Waals surface area contributed by atoms with E-state index in [0.717, 1.165) is 17.5 Å². The molecule has 3 N–H and O–H groups in total. The lowest BCUT2D eigenvalue weighted by Gasteiger charge is -2.10. The first kappa shape index (κ1) is 11.7. The normalized spacial score (nSPS) is 14.6. The summed E-state index contributed by atoms with van der Waals surface area (Å²) in [7, 11) is 0. The second-order valence-electron chi connectivity index (χ2n) is 3.99. The maximum Gasteiger partial charge on any atom is 0.310 e. The highest BCUT2D eigenvalue weighted by Gasteiger charge is 2.13. The summed E-state index contributed by atoms with van der Waals surface area (Å²) in [6.45, 7) is 3.63. The first-order valence-corrected chi connectivity index (χ1v) is 5.08. The van der Waals surface area contributed by atoms with Crippen molar-refractivity contribution in [3.8, 4) is 0 Å². The largest absolute Gasteiger partial charge is 0.481 e. The lowest BCUT2D eigenvalue weighted by Crippen LogP contribution is -2.18. The molecule has 0 fully saturated rings. The van der Waals surface area contributed by atoms with Gasteiger partial charge in [0.15, 0.2) is 0 Å². The third-order valence-electron chi connectivity index (χ3n) is 2.38. The molecule has 0 bridgehead atoms. The molecule has 1 unspecified atom stereocenters. The van der Waals surface area contributed by atoms with E-state index in [4.69, 9.17) is 10.8 Å². The van der Waals surface area contributed by atoms with Gasteiger partial charge in [0, 0.05) is 6.04 Å². The van der Waals surface area contributed by atoms with Crippen LogP contribution in [0.1, 0.15) is 30.9 Å². The zero-order valence-electron chi connectivity index (χ0n) is 9.10. The van der Waals surface area contributed by atoms with E-state index in [2.05, 4.69) is 0 Å². The number of hydrogen-bond acceptors (Lipinski definition) is 2. The minimum atomic E-state index is -0.798. The molecule has 1 aromatic carbocycles. The van der Waals surface area contributed by atoms with E-state index in [9.17, 15) is 4.79 Å². The highest BCUT2D eigenvalue weighted by molar-refractivity contribution is 5.75. The van der Waals surface area contributed by atoms with Gasteiger partial charge in [0.1, 0.15) is 0 Å². The molecule has 0 spiro atoms. The van der Waals surface area contributed by atoms with Crippen LogP contribution in [0.3, 0.4) is 0 Å². The van der Waals surface area contributed by atoms with E-state index in [0.29, 0.717) is 0 Å². The maximum absolute atomic E-state index is 10.8. The average molecular weight is 207 g/mol. The molecule has 0 aliphatic heterocycles. The Balaban J connectivity index is 2.87. The molecule has 0 saturated heterocycles. The van der Waals surface area contributed by atoms with Crippen LogP contribution in [0.15, 0.2) is 24.3 Å². The van der Waals surface area contributed by atoms with Crippen molar-refractivity contribution in [2.24, 2.45) is 5.73 Å². The van der Waals surface area contributed by atoms with Gasteiger partial charge < -0.3 is 10.8 Å². The lowest BCUT2D eigenvalue weighted by molar-refractivity contribution is -0.138. The molecule has 0 aliphatic carbocycles. The summed E-state index contributed by atoms with van der Waals surface area (Å²) in [5, 5.41) is 8.88. The summed E-state index contributed by atoms with van der Waals surface area (Å²) in [5.41, 5.74) is 7.62. The van der Waals surface area contributed by atoms with E-state index in [1.54, 1.807) is 6.92 Å². The molecule has 0 amide bonds. The molecule has 3 nitrogen and oxygen atoms in total. The van der Waals surface area contributed by atoms with Crippen LogP contribution >= 0.6 is 0 Å². The maximum atomic E-state index is 10.8. The van der Waals surface area contributed by atoms with Gasteiger partial charge in [-0.15, -0.1) is 0 Å². The molecule has 0 aromatic heterocycles. The summed E-state index contributed by atoms with van der Waals surface area (Å²) < 4.78 is 0. The van der Waals surface area contributed by atoms with Crippen LogP contribution < -0.4 is 5.73 Å². The molecule has 82 valence electrons. The first-order chi connectivity index (χ1) is 7.00. The van der Waals surface area contributed by atoms with Crippen molar-refractivity contribution >= 4 is 5.97 Å². The SMILES string of the molecule is CC(C(=O)O)c1cccc(C[C@H](C)N)c1. The minimum Gasteiger partial charge on any atom is -0.481 e. The molecule has 3 heteroatoms. The molecule has 0 heterocycles. The highest BCUT2D eigenvalue weighted by atomic mass is 16.4. The molecular formula is C12H17NO2. The standard InChI is InChI=1S/C12H17NO2/c1-8(13)6-10-4-3-5-11(7-10)9(2)12(14)15/h3-5,7-9H,6,13H2,1-2H3,(H,14,15)/t8-,9?/m0/s1. The van der Waals surface area contributed by atoms with Gasteiger partial charge in [-0.3, -0.25) is 4.79 Å². The van der Waals surface area contributed by atoms with Crippen molar-refractivity contribution in [2.45, 2.75) is 32.2 Å². The van der Waals surface area contributed by atoms with Crippen LogP contribution in [-0.2, 0) is 11.2 Å². The predicted octanol–water partition coefficient (Wildman–Crippen LogP) is 1.76. The summed E-state index contributed by atoms with van der Waals surface area (Å²) in [6, 6.07) is 7.71. The van der Waals surface area contributed by atoms with Crippen molar-refractivity contribution < 1.29 is 9.90 Å². The third-order valence-corrected chi connectivity index (χ3v) is 2.38. The van der Waals surface area contributed by atoms with Crippen LogP contribution in [0.25, 0.3) is 0 Å². The number of rotatable bonds is 4. The van der Waals surface area contributed by atoms with Crippen LogP contribution in [0.2, 0.25) is 0 Å². The fourth-order valence-electron chi connectivity index (χ4n) is 1.50. The van der Waals surface area contributed by atoms with E-state index < -0.39 is 11.9 Å². The number of carboxylic acids is 1. The van der Waals surface area contributed by atoms with E-state index >= 15 is 0 Å². The number of hydrogen-bond donors (Lipinski definition) is 2. The van der Waals surface area contributed by atoms with Gasteiger partial charge in [-0.25, -0.2) is 0 Å². The summed E-state index contributed by atoms with van der Waals surface area (Å²) in [4.78, 5) is 10.8. The van der Waals surface area contributed by atoms with Gasteiger partial charge in [-0.1, -0.05) is 24.3 Å². The summed E-state index contributed by atoms with van der Waals surface area (Å²) in [5.74, 6) is -1.26. The molecule has 1 aromatic rings. The zero-order valence-corrected chi connectivity index (χ0v) is 9.10. The minimum absolute atomic E-state index is 0.0976. The smallest absolute Gasteiger partial charge is 0.310 e. The molecule has 0 radical (unpaired) electrons. The van der Waals surface area contributed by atoms with Gasteiger partial charge in [-0.05, 0) is 31.4 Å².